The summed E-state index contributed by atoms with van der Waals surface area (Å²) in [6, 6.07) is 7.74. The Bertz CT molecular complexity index is 781. The van der Waals surface area contributed by atoms with Gasteiger partial charge in [0, 0.05) is 32.1 Å². The molecule has 1 aromatic carbocycles. The van der Waals surface area contributed by atoms with Gasteiger partial charge in [-0.3, -0.25) is 9.59 Å². The van der Waals surface area contributed by atoms with Crippen molar-refractivity contribution in [2.45, 2.75) is 38.1 Å². The van der Waals surface area contributed by atoms with E-state index in [1.807, 2.05) is 34.1 Å². The van der Waals surface area contributed by atoms with E-state index in [2.05, 4.69) is 10.3 Å². The molecular formula is C19H23N5O2. The molecule has 0 atom stereocenters. The Balaban J connectivity index is 1.45. The van der Waals surface area contributed by atoms with E-state index in [9.17, 15) is 9.59 Å². The van der Waals surface area contributed by atoms with Crippen molar-refractivity contribution in [2.24, 2.45) is 0 Å². The Labute approximate surface area is 152 Å². The number of aromatic nitrogens is 3. The summed E-state index contributed by atoms with van der Waals surface area (Å²) in [6.07, 6.45) is 7.81. The Morgan fingerprint density at radius 2 is 1.88 bits per heavy atom. The largest absolute Gasteiger partial charge is 0.340 e. The van der Waals surface area contributed by atoms with Crippen molar-refractivity contribution in [3.8, 4) is 5.69 Å². The molecular weight excluding hydrogens is 330 g/mol. The lowest BCUT2D eigenvalue weighted by Crippen LogP contribution is -2.50. The maximum absolute atomic E-state index is 13.0. The van der Waals surface area contributed by atoms with Gasteiger partial charge in [-0.1, -0.05) is 17.3 Å². The van der Waals surface area contributed by atoms with Crippen molar-refractivity contribution in [3.63, 3.8) is 0 Å². The first-order valence-electron chi connectivity index (χ1n) is 9.28. The third-order valence-corrected chi connectivity index (χ3v) is 5.36. The van der Waals surface area contributed by atoms with Crippen LogP contribution in [0.15, 0.2) is 36.7 Å². The first-order valence-corrected chi connectivity index (χ1v) is 9.28. The number of para-hydroxylation sites is 1. The average Bonchev–Trinajstić information content (AvgIpc) is 3.23. The summed E-state index contributed by atoms with van der Waals surface area (Å²) in [5, 5.41) is 7.84. The van der Waals surface area contributed by atoms with Crippen LogP contribution in [-0.4, -0.2) is 62.3 Å². The number of nitrogens with zero attached hydrogens (tertiary/aromatic N) is 5. The predicted molar refractivity (Wildman–Crippen MR) is 95.8 cm³/mol. The molecule has 0 radical (unpaired) electrons. The van der Waals surface area contributed by atoms with Gasteiger partial charge < -0.3 is 9.80 Å². The number of carbonyl (C=O) groups is 2. The van der Waals surface area contributed by atoms with Crippen molar-refractivity contribution >= 4 is 11.8 Å². The van der Waals surface area contributed by atoms with E-state index in [-0.39, 0.29) is 17.9 Å². The molecule has 2 aliphatic heterocycles. The fraction of sp³-hybridized carbons (Fsp3) is 0.474. The van der Waals surface area contributed by atoms with Crippen LogP contribution in [0.2, 0.25) is 0 Å². The number of amides is 2. The standard InChI is InChI=1S/C19H23N5O2/c25-18-7-3-4-11-23(18)15-8-12-22(13-9-15)19(26)16-5-1-2-6-17(16)24-14-10-20-21-24/h1-2,5-6,10,14-15H,3-4,7-9,11-13H2. The number of benzene rings is 1. The van der Waals surface area contributed by atoms with Crippen molar-refractivity contribution in [1.82, 2.24) is 24.8 Å². The number of likely N-dealkylation sites (tertiary alicyclic amines) is 2. The molecule has 2 fully saturated rings. The lowest BCUT2D eigenvalue weighted by Gasteiger charge is -2.40. The molecule has 1 aromatic heterocycles. The Morgan fingerprint density at radius 3 is 2.62 bits per heavy atom. The molecule has 2 aromatic rings. The van der Waals surface area contributed by atoms with Crippen LogP contribution in [0.25, 0.3) is 5.69 Å². The molecule has 26 heavy (non-hydrogen) atoms. The Morgan fingerprint density at radius 1 is 1.08 bits per heavy atom. The second kappa shape index (κ2) is 7.27. The van der Waals surface area contributed by atoms with Crippen molar-refractivity contribution in [3.05, 3.63) is 42.2 Å². The summed E-state index contributed by atoms with van der Waals surface area (Å²) in [5.74, 6) is 0.289. The van der Waals surface area contributed by atoms with Gasteiger partial charge in [0.15, 0.2) is 0 Å². The summed E-state index contributed by atoms with van der Waals surface area (Å²) in [6.45, 7) is 2.23. The molecule has 0 N–H and O–H groups in total. The van der Waals surface area contributed by atoms with E-state index < -0.39 is 0 Å². The molecule has 2 amide bonds. The van der Waals surface area contributed by atoms with Crippen LogP contribution in [0.4, 0.5) is 0 Å². The van der Waals surface area contributed by atoms with Gasteiger partial charge in [0.1, 0.15) is 0 Å². The first-order chi connectivity index (χ1) is 12.7. The highest BCUT2D eigenvalue weighted by atomic mass is 16.2. The zero-order valence-corrected chi connectivity index (χ0v) is 14.8. The predicted octanol–water partition coefficient (Wildman–Crippen LogP) is 1.88. The first kappa shape index (κ1) is 16.8. The van der Waals surface area contributed by atoms with Crippen LogP contribution in [-0.2, 0) is 4.79 Å². The monoisotopic (exact) mass is 353 g/mol. The van der Waals surface area contributed by atoms with E-state index in [4.69, 9.17) is 0 Å². The van der Waals surface area contributed by atoms with E-state index in [0.29, 0.717) is 25.1 Å². The fourth-order valence-corrected chi connectivity index (χ4v) is 3.95. The topological polar surface area (TPSA) is 71.3 Å². The number of rotatable bonds is 3. The van der Waals surface area contributed by atoms with Gasteiger partial charge in [-0.15, -0.1) is 5.10 Å². The van der Waals surface area contributed by atoms with Crippen molar-refractivity contribution < 1.29 is 9.59 Å². The van der Waals surface area contributed by atoms with Gasteiger partial charge in [-0.2, -0.15) is 0 Å². The van der Waals surface area contributed by atoms with Gasteiger partial charge >= 0.3 is 0 Å². The normalized spacial score (nSPS) is 19.0. The van der Waals surface area contributed by atoms with Gasteiger partial charge in [0.05, 0.1) is 23.6 Å². The third kappa shape index (κ3) is 3.21. The molecule has 0 saturated carbocycles. The fourth-order valence-electron chi connectivity index (χ4n) is 3.95. The SMILES string of the molecule is O=C(c1ccccc1-n1ccnn1)N1CCC(N2CCCCC2=O)CC1. The average molecular weight is 353 g/mol. The van der Waals surface area contributed by atoms with Crippen LogP contribution in [0.5, 0.6) is 0 Å². The molecule has 2 saturated heterocycles. The minimum absolute atomic E-state index is 0.0134. The molecule has 2 aliphatic rings. The molecule has 0 bridgehead atoms. The van der Waals surface area contributed by atoms with E-state index in [1.165, 1.54) is 0 Å². The summed E-state index contributed by atoms with van der Waals surface area (Å²) in [4.78, 5) is 29.1. The van der Waals surface area contributed by atoms with Gasteiger partial charge in [0.2, 0.25) is 5.91 Å². The second-order valence-electron chi connectivity index (χ2n) is 6.93. The van der Waals surface area contributed by atoms with Crippen LogP contribution in [0.1, 0.15) is 42.5 Å². The number of hydrogen-bond donors (Lipinski definition) is 0. The lowest BCUT2D eigenvalue weighted by molar-refractivity contribution is -0.136. The minimum Gasteiger partial charge on any atom is -0.340 e. The minimum atomic E-state index is 0.0134. The lowest BCUT2D eigenvalue weighted by atomic mass is 9.99. The molecule has 136 valence electrons. The molecule has 0 aliphatic carbocycles. The summed E-state index contributed by atoms with van der Waals surface area (Å²) in [7, 11) is 0. The van der Waals surface area contributed by atoms with Crippen molar-refractivity contribution in [1.29, 1.82) is 0 Å². The van der Waals surface area contributed by atoms with Crippen LogP contribution in [0.3, 0.4) is 0 Å². The number of carbonyl (C=O) groups excluding carboxylic acids is 2. The summed E-state index contributed by atoms with van der Waals surface area (Å²) < 4.78 is 1.62. The molecule has 0 unspecified atom stereocenters. The highest BCUT2D eigenvalue weighted by molar-refractivity contribution is 5.97. The third-order valence-electron chi connectivity index (χ3n) is 5.36. The van der Waals surface area contributed by atoms with Crippen LogP contribution in [0, 0.1) is 0 Å². The second-order valence-corrected chi connectivity index (χ2v) is 6.93. The van der Waals surface area contributed by atoms with Crippen LogP contribution < -0.4 is 0 Å². The maximum Gasteiger partial charge on any atom is 0.256 e. The molecule has 0 spiro atoms. The zero-order chi connectivity index (χ0) is 17.9. The van der Waals surface area contributed by atoms with Crippen LogP contribution >= 0.6 is 0 Å². The highest BCUT2D eigenvalue weighted by Crippen LogP contribution is 2.24. The van der Waals surface area contributed by atoms with Gasteiger partial charge in [-0.05, 0) is 37.8 Å². The van der Waals surface area contributed by atoms with Gasteiger partial charge in [0.25, 0.3) is 5.91 Å². The highest BCUT2D eigenvalue weighted by Gasteiger charge is 2.31. The van der Waals surface area contributed by atoms with E-state index in [0.717, 1.165) is 37.9 Å². The zero-order valence-electron chi connectivity index (χ0n) is 14.8. The Hall–Kier alpha value is -2.70. The Kier molecular flexibility index (Phi) is 4.69. The number of piperidine rings is 2. The summed E-state index contributed by atoms with van der Waals surface area (Å²) in [5.41, 5.74) is 1.37. The summed E-state index contributed by atoms with van der Waals surface area (Å²) >= 11 is 0. The van der Waals surface area contributed by atoms with E-state index >= 15 is 0 Å². The maximum atomic E-state index is 13.0. The van der Waals surface area contributed by atoms with Crippen molar-refractivity contribution in [2.75, 3.05) is 19.6 Å². The van der Waals surface area contributed by atoms with Gasteiger partial charge in [-0.25, -0.2) is 4.68 Å². The molecule has 3 heterocycles. The molecule has 4 rings (SSSR count). The number of hydrogen-bond acceptors (Lipinski definition) is 4. The molecule has 7 nitrogen and oxygen atoms in total. The van der Waals surface area contributed by atoms with E-state index in [1.54, 1.807) is 17.1 Å². The molecule has 7 heteroatoms. The quantitative estimate of drug-likeness (QED) is 0.845. The smallest absolute Gasteiger partial charge is 0.256 e.